The molecular formula is C26H28FNO4S. The van der Waals surface area contributed by atoms with Crippen LogP contribution in [0.5, 0.6) is 5.75 Å². The van der Waals surface area contributed by atoms with Crippen LogP contribution in [0.2, 0.25) is 0 Å². The minimum atomic E-state index is -4.11. The summed E-state index contributed by atoms with van der Waals surface area (Å²) in [5.74, 6) is -0.493. The monoisotopic (exact) mass is 469 g/mol. The molecule has 0 aliphatic heterocycles. The van der Waals surface area contributed by atoms with Crippen molar-refractivity contribution in [1.29, 1.82) is 0 Å². The second-order valence-electron chi connectivity index (χ2n) is 7.88. The summed E-state index contributed by atoms with van der Waals surface area (Å²) < 4.78 is 43.5. The van der Waals surface area contributed by atoms with E-state index < -0.39 is 15.9 Å². The highest BCUT2D eigenvalue weighted by Gasteiger charge is 2.22. The van der Waals surface area contributed by atoms with Crippen molar-refractivity contribution in [3.05, 3.63) is 95.3 Å². The molecule has 3 aromatic rings. The molecule has 3 rings (SSSR count). The number of amides is 1. The number of carbonyl (C=O) groups is 1. The maximum Gasteiger partial charge on any atom is 0.339 e. The van der Waals surface area contributed by atoms with Crippen LogP contribution in [0.3, 0.4) is 0 Å². The molecule has 7 heteroatoms. The SMILES string of the molecule is CCc1ccc(C(=O)N(Cc2cccc(OS(=O)(=O)c3ccc(F)cc3)c2)C(C)CC)cc1. The van der Waals surface area contributed by atoms with E-state index in [-0.39, 0.29) is 22.6 Å². The van der Waals surface area contributed by atoms with Gasteiger partial charge in [0.1, 0.15) is 16.5 Å². The maximum absolute atomic E-state index is 13.2. The molecule has 0 saturated heterocycles. The molecule has 33 heavy (non-hydrogen) atoms. The van der Waals surface area contributed by atoms with Crippen LogP contribution in [0.15, 0.2) is 77.7 Å². The number of benzene rings is 3. The molecule has 0 spiro atoms. The highest BCUT2D eigenvalue weighted by molar-refractivity contribution is 7.87. The summed E-state index contributed by atoms with van der Waals surface area (Å²) in [7, 11) is -4.11. The normalized spacial score (nSPS) is 12.2. The molecule has 5 nitrogen and oxygen atoms in total. The largest absolute Gasteiger partial charge is 0.379 e. The Morgan fingerprint density at radius 1 is 0.970 bits per heavy atom. The Bertz CT molecular complexity index is 1190. The molecule has 0 aliphatic rings. The van der Waals surface area contributed by atoms with Gasteiger partial charge in [0.2, 0.25) is 0 Å². The third-order valence-corrected chi connectivity index (χ3v) is 6.81. The minimum absolute atomic E-state index is 0.0177. The van der Waals surface area contributed by atoms with Gasteiger partial charge in [0.05, 0.1) is 0 Å². The van der Waals surface area contributed by atoms with E-state index in [1.54, 1.807) is 17.0 Å². The van der Waals surface area contributed by atoms with E-state index >= 15 is 0 Å². The highest BCUT2D eigenvalue weighted by Crippen LogP contribution is 2.23. The molecule has 0 saturated carbocycles. The number of halogens is 1. The molecule has 3 aromatic carbocycles. The standard InChI is InChI=1S/C26H28FNO4S/c1-4-19(3)28(26(29)22-11-9-20(5-2)10-12-22)18-21-7-6-8-24(17-21)32-33(30,31)25-15-13-23(27)14-16-25/h6-17,19H,4-5,18H2,1-3H3. The van der Waals surface area contributed by atoms with Crippen LogP contribution >= 0.6 is 0 Å². The fourth-order valence-corrected chi connectivity index (χ4v) is 4.29. The number of hydrogen-bond donors (Lipinski definition) is 0. The van der Waals surface area contributed by atoms with Gasteiger partial charge in [-0.15, -0.1) is 0 Å². The van der Waals surface area contributed by atoms with Crippen LogP contribution in [0.1, 0.15) is 48.7 Å². The van der Waals surface area contributed by atoms with Crippen molar-refractivity contribution < 1.29 is 21.8 Å². The van der Waals surface area contributed by atoms with Crippen LogP contribution in [0, 0.1) is 5.82 Å². The molecular weight excluding hydrogens is 441 g/mol. The van der Waals surface area contributed by atoms with Crippen molar-refractivity contribution in [2.24, 2.45) is 0 Å². The first-order valence-electron chi connectivity index (χ1n) is 10.9. The lowest BCUT2D eigenvalue weighted by Gasteiger charge is -2.29. The topological polar surface area (TPSA) is 63.7 Å². The first-order chi connectivity index (χ1) is 15.7. The smallest absolute Gasteiger partial charge is 0.339 e. The lowest BCUT2D eigenvalue weighted by atomic mass is 10.1. The van der Waals surface area contributed by atoms with Crippen molar-refractivity contribution in [2.75, 3.05) is 0 Å². The fraction of sp³-hybridized carbons (Fsp3) is 0.269. The van der Waals surface area contributed by atoms with Crippen LogP contribution in [-0.2, 0) is 23.1 Å². The quantitative estimate of drug-likeness (QED) is 0.383. The first kappa shape index (κ1) is 24.5. The Morgan fingerprint density at radius 2 is 1.64 bits per heavy atom. The number of rotatable bonds is 9. The van der Waals surface area contributed by atoms with Crippen molar-refractivity contribution in [2.45, 2.75) is 51.1 Å². The zero-order chi connectivity index (χ0) is 24.0. The van der Waals surface area contributed by atoms with E-state index in [9.17, 15) is 17.6 Å². The zero-order valence-corrected chi connectivity index (χ0v) is 19.8. The number of aryl methyl sites for hydroxylation is 1. The molecule has 1 amide bonds. The second-order valence-corrected chi connectivity index (χ2v) is 9.43. The minimum Gasteiger partial charge on any atom is -0.379 e. The summed E-state index contributed by atoms with van der Waals surface area (Å²) in [6, 6.07) is 18.6. The van der Waals surface area contributed by atoms with Crippen LogP contribution < -0.4 is 4.18 Å². The van der Waals surface area contributed by atoms with Crippen molar-refractivity contribution >= 4 is 16.0 Å². The lowest BCUT2D eigenvalue weighted by Crippen LogP contribution is -2.37. The molecule has 1 unspecified atom stereocenters. The third-order valence-electron chi connectivity index (χ3n) is 5.55. The van der Waals surface area contributed by atoms with Gasteiger partial charge in [-0.2, -0.15) is 8.42 Å². The molecule has 0 aliphatic carbocycles. The Balaban J connectivity index is 1.82. The Morgan fingerprint density at radius 3 is 2.24 bits per heavy atom. The average Bonchev–Trinajstić information content (AvgIpc) is 2.82. The van der Waals surface area contributed by atoms with Crippen molar-refractivity contribution in [1.82, 2.24) is 4.90 Å². The summed E-state index contributed by atoms with van der Waals surface area (Å²) in [6.07, 6.45) is 1.67. The van der Waals surface area contributed by atoms with E-state index in [4.69, 9.17) is 4.18 Å². The van der Waals surface area contributed by atoms with Gasteiger partial charge in [-0.1, -0.05) is 38.1 Å². The van der Waals surface area contributed by atoms with Crippen molar-refractivity contribution in [3.63, 3.8) is 0 Å². The Labute approximate surface area is 194 Å². The van der Waals surface area contributed by atoms with E-state index in [2.05, 4.69) is 6.92 Å². The third kappa shape index (κ3) is 6.20. The van der Waals surface area contributed by atoms with E-state index in [0.717, 1.165) is 48.2 Å². The van der Waals surface area contributed by atoms with Crippen molar-refractivity contribution in [3.8, 4) is 5.75 Å². The van der Waals surface area contributed by atoms with Gasteiger partial charge in [0.25, 0.3) is 5.91 Å². The van der Waals surface area contributed by atoms with E-state index in [1.807, 2.05) is 44.2 Å². The number of carbonyl (C=O) groups excluding carboxylic acids is 1. The molecule has 0 radical (unpaired) electrons. The van der Waals surface area contributed by atoms with Gasteiger partial charge in [-0.05, 0) is 79.4 Å². The summed E-state index contributed by atoms with van der Waals surface area (Å²) >= 11 is 0. The summed E-state index contributed by atoms with van der Waals surface area (Å²) in [5, 5.41) is 0. The van der Waals surface area contributed by atoms with Gasteiger partial charge in [0.15, 0.2) is 0 Å². The number of nitrogens with zero attached hydrogens (tertiary/aromatic N) is 1. The van der Waals surface area contributed by atoms with Gasteiger partial charge in [-0.25, -0.2) is 4.39 Å². The molecule has 0 heterocycles. The van der Waals surface area contributed by atoms with Crippen LogP contribution in [-0.4, -0.2) is 25.3 Å². The average molecular weight is 470 g/mol. The van der Waals surface area contributed by atoms with E-state index in [0.29, 0.717) is 12.1 Å². The molecule has 0 fully saturated rings. The summed E-state index contributed by atoms with van der Waals surface area (Å²) in [5.41, 5.74) is 2.51. The maximum atomic E-state index is 13.2. The molecule has 174 valence electrons. The van der Waals surface area contributed by atoms with Crippen LogP contribution in [0.25, 0.3) is 0 Å². The van der Waals surface area contributed by atoms with Gasteiger partial charge >= 0.3 is 10.1 Å². The summed E-state index contributed by atoms with van der Waals surface area (Å²) in [4.78, 5) is 14.9. The second kappa shape index (κ2) is 10.6. The highest BCUT2D eigenvalue weighted by atomic mass is 32.2. The molecule has 1 atom stereocenters. The molecule has 0 bridgehead atoms. The van der Waals surface area contributed by atoms with Gasteiger partial charge < -0.3 is 9.08 Å². The first-order valence-corrected chi connectivity index (χ1v) is 12.3. The fourth-order valence-electron chi connectivity index (χ4n) is 3.37. The predicted molar refractivity (Wildman–Crippen MR) is 126 cm³/mol. The Hall–Kier alpha value is -3.19. The lowest BCUT2D eigenvalue weighted by molar-refractivity contribution is 0.0671. The zero-order valence-electron chi connectivity index (χ0n) is 19.0. The van der Waals surface area contributed by atoms with E-state index in [1.165, 1.54) is 6.07 Å². The summed E-state index contributed by atoms with van der Waals surface area (Å²) in [6.45, 7) is 6.36. The number of hydrogen-bond acceptors (Lipinski definition) is 4. The predicted octanol–water partition coefficient (Wildman–Crippen LogP) is 5.60. The molecule has 0 aromatic heterocycles. The van der Waals surface area contributed by atoms with Gasteiger partial charge in [0, 0.05) is 18.2 Å². The van der Waals surface area contributed by atoms with Gasteiger partial charge in [-0.3, -0.25) is 4.79 Å². The Kier molecular flexibility index (Phi) is 7.87. The van der Waals surface area contributed by atoms with Crippen LogP contribution in [0.4, 0.5) is 4.39 Å². The molecule has 0 N–H and O–H groups in total.